The lowest BCUT2D eigenvalue weighted by atomic mass is 10.1. The van der Waals surface area contributed by atoms with Crippen molar-refractivity contribution >= 4 is 11.8 Å². The molecule has 1 atom stereocenters. The molecule has 2 rings (SSSR count). The third-order valence-corrected chi connectivity index (χ3v) is 4.02. The molecule has 0 aliphatic rings. The first-order chi connectivity index (χ1) is 9.28. The third kappa shape index (κ3) is 4.65. The van der Waals surface area contributed by atoms with Gasteiger partial charge in [0.2, 0.25) is 0 Å². The van der Waals surface area contributed by atoms with Crippen molar-refractivity contribution in [1.29, 1.82) is 0 Å². The molecule has 0 fully saturated rings. The summed E-state index contributed by atoms with van der Waals surface area (Å²) in [6.45, 7) is 0. The highest BCUT2D eigenvalue weighted by molar-refractivity contribution is 7.99. The van der Waals surface area contributed by atoms with Gasteiger partial charge in [0.05, 0.1) is 0 Å². The van der Waals surface area contributed by atoms with Crippen LogP contribution in [0.25, 0.3) is 0 Å². The van der Waals surface area contributed by atoms with E-state index in [1.54, 1.807) is 30.1 Å². The molecule has 2 nitrogen and oxygen atoms in total. The summed E-state index contributed by atoms with van der Waals surface area (Å²) < 4.78 is 13.1. The number of pyridine rings is 1. The lowest BCUT2D eigenvalue weighted by Gasteiger charge is -2.15. The Labute approximate surface area is 117 Å². The lowest BCUT2D eigenvalue weighted by Crippen LogP contribution is -2.30. The average Bonchev–Trinajstić information content (AvgIpc) is 2.44. The fourth-order valence-corrected chi connectivity index (χ4v) is 2.85. The van der Waals surface area contributed by atoms with E-state index in [9.17, 15) is 4.39 Å². The van der Waals surface area contributed by atoms with Crippen molar-refractivity contribution in [2.24, 2.45) is 0 Å². The van der Waals surface area contributed by atoms with Gasteiger partial charge in [0, 0.05) is 29.1 Å². The highest BCUT2D eigenvalue weighted by atomic mass is 32.2. The molecule has 0 aliphatic heterocycles. The topological polar surface area (TPSA) is 24.9 Å². The van der Waals surface area contributed by atoms with Crippen molar-refractivity contribution in [1.82, 2.24) is 10.3 Å². The van der Waals surface area contributed by atoms with E-state index in [-0.39, 0.29) is 5.82 Å². The fourth-order valence-electron chi connectivity index (χ4n) is 1.80. The quantitative estimate of drug-likeness (QED) is 0.820. The molecule has 1 aromatic heterocycles. The molecule has 0 radical (unpaired) electrons. The number of halogens is 1. The Morgan fingerprint density at radius 3 is 2.89 bits per heavy atom. The Morgan fingerprint density at radius 1 is 1.32 bits per heavy atom. The van der Waals surface area contributed by atoms with E-state index in [1.165, 1.54) is 11.6 Å². The number of hydrogen-bond acceptors (Lipinski definition) is 3. The lowest BCUT2D eigenvalue weighted by molar-refractivity contribution is 0.614. The maximum absolute atomic E-state index is 13.1. The monoisotopic (exact) mass is 276 g/mol. The van der Waals surface area contributed by atoms with Gasteiger partial charge in [0.25, 0.3) is 0 Å². The first-order valence-corrected chi connectivity index (χ1v) is 7.21. The molecule has 0 spiro atoms. The second-order valence-corrected chi connectivity index (χ2v) is 5.41. The van der Waals surface area contributed by atoms with E-state index >= 15 is 0 Å². The van der Waals surface area contributed by atoms with E-state index < -0.39 is 0 Å². The molecule has 2 aromatic rings. The summed E-state index contributed by atoms with van der Waals surface area (Å²) in [5, 5.41) is 3.29. The first-order valence-electron chi connectivity index (χ1n) is 6.22. The summed E-state index contributed by atoms with van der Waals surface area (Å²) in [4.78, 5) is 5.08. The van der Waals surface area contributed by atoms with Crippen molar-refractivity contribution in [3.05, 3.63) is 60.2 Å². The van der Waals surface area contributed by atoms with Crippen LogP contribution in [0.4, 0.5) is 4.39 Å². The molecule has 0 amide bonds. The van der Waals surface area contributed by atoms with Gasteiger partial charge >= 0.3 is 0 Å². The van der Waals surface area contributed by atoms with Crippen molar-refractivity contribution in [3.63, 3.8) is 0 Å². The zero-order valence-electron chi connectivity index (χ0n) is 10.8. The highest BCUT2D eigenvalue weighted by Gasteiger charge is 2.08. The molecule has 1 N–H and O–H groups in total. The number of rotatable bonds is 6. The van der Waals surface area contributed by atoms with Crippen LogP contribution in [0, 0.1) is 5.82 Å². The molecular formula is C15H17FN2S. The van der Waals surface area contributed by atoms with E-state index in [1.807, 2.05) is 25.4 Å². The van der Waals surface area contributed by atoms with Crippen LogP contribution in [0.15, 0.2) is 53.7 Å². The van der Waals surface area contributed by atoms with E-state index in [0.717, 1.165) is 17.1 Å². The maximum Gasteiger partial charge on any atom is 0.124 e. The Morgan fingerprint density at radius 2 is 2.21 bits per heavy atom. The number of nitrogens with zero attached hydrogens (tertiary/aromatic N) is 1. The number of thioether (sulfide) groups is 1. The molecule has 0 aliphatic carbocycles. The molecule has 19 heavy (non-hydrogen) atoms. The summed E-state index contributed by atoms with van der Waals surface area (Å²) in [5.41, 5.74) is 1.21. The molecular weight excluding hydrogens is 259 g/mol. The summed E-state index contributed by atoms with van der Waals surface area (Å²) in [7, 11) is 1.95. The Balaban J connectivity index is 1.89. The fraction of sp³-hybridized carbons (Fsp3) is 0.267. The number of benzene rings is 1. The molecule has 1 unspecified atom stereocenters. The second-order valence-electron chi connectivity index (χ2n) is 4.32. The highest BCUT2D eigenvalue weighted by Crippen LogP contribution is 2.20. The zero-order chi connectivity index (χ0) is 13.5. The van der Waals surface area contributed by atoms with E-state index in [2.05, 4.69) is 16.4 Å². The van der Waals surface area contributed by atoms with Gasteiger partial charge in [0.15, 0.2) is 0 Å². The van der Waals surface area contributed by atoms with Gasteiger partial charge in [-0.15, -0.1) is 11.8 Å². The number of hydrogen-bond donors (Lipinski definition) is 1. The van der Waals surface area contributed by atoms with Crippen molar-refractivity contribution in [3.8, 4) is 0 Å². The molecule has 0 bridgehead atoms. The van der Waals surface area contributed by atoms with Crippen LogP contribution in [0.2, 0.25) is 0 Å². The van der Waals surface area contributed by atoms with Crippen LogP contribution in [0.5, 0.6) is 0 Å². The minimum Gasteiger partial charge on any atom is -0.316 e. The van der Waals surface area contributed by atoms with Gasteiger partial charge in [-0.05, 0) is 43.3 Å². The van der Waals surface area contributed by atoms with Crippen molar-refractivity contribution in [2.45, 2.75) is 17.4 Å². The number of aromatic nitrogens is 1. The summed E-state index contributed by atoms with van der Waals surface area (Å²) in [5.74, 6) is 0.716. The van der Waals surface area contributed by atoms with Gasteiger partial charge in [-0.3, -0.25) is 4.98 Å². The Hall–Kier alpha value is -1.39. The van der Waals surface area contributed by atoms with Crippen LogP contribution >= 0.6 is 11.8 Å². The van der Waals surface area contributed by atoms with Gasteiger partial charge in [-0.2, -0.15) is 0 Å². The third-order valence-electron chi connectivity index (χ3n) is 2.86. The van der Waals surface area contributed by atoms with Crippen molar-refractivity contribution < 1.29 is 4.39 Å². The van der Waals surface area contributed by atoms with E-state index in [0.29, 0.717) is 6.04 Å². The van der Waals surface area contributed by atoms with Gasteiger partial charge < -0.3 is 5.32 Å². The molecule has 100 valence electrons. The zero-order valence-corrected chi connectivity index (χ0v) is 11.7. The number of likely N-dealkylation sites (N-methyl/N-ethyl adjacent to an activating group) is 1. The molecule has 0 saturated carbocycles. The van der Waals surface area contributed by atoms with Gasteiger partial charge in [-0.25, -0.2) is 4.39 Å². The normalized spacial score (nSPS) is 12.3. The van der Waals surface area contributed by atoms with Crippen molar-refractivity contribution in [2.75, 3.05) is 12.8 Å². The Bertz CT molecular complexity index is 505. The van der Waals surface area contributed by atoms with Crippen LogP contribution < -0.4 is 5.32 Å². The molecule has 0 saturated heterocycles. The van der Waals surface area contributed by atoms with E-state index in [4.69, 9.17) is 0 Å². The van der Waals surface area contributed by atoms with Crippen LogP contribution in [-0.2, 0) is 6.42 Å². The van der Waals surface area contributed by atoms with Crippen LogP contribution in [0.1, 0.15) is 5.56 Å². The summed E-state index contributed by atoms with van der Waals surface area (Å²) >= 11 is 1.66. The molecule has 1 aromatic carbocycles. The largest absolute Gasteiger partial charge is 0.316 e. The summed E-state index contributed by atoms with van der Waals surface area (Å²) in [6, 6.07) is 11.1. The average molecular weight is 276 g/mol. The number of nitrogens with one attached hydrogen (secondary N) is 1. The predicted molar refractivity (Wildman–Crippen MR) is 77.9 cm³/mol. The van der Waals surface area contributed by atoms with Crippen LogP contribution in [0.3, 0.4) is 0 Å². The predicted octanol–water partition coefficient (Wildman–Crippen LogP) is 3.14. The SMILES string of the molecule is CNC(CSc1cccc(F)c1)Cc1cccnc1. The molecule has 4 heteroatoms. The van der Waals surface area contributed by atoms with Gasteiger partial charge in [-0.1, -0.05) is 12.1 Å². The van der Waals surface area contributed by atoms with Crippen LogP contribution in [-0.4, -0.2) is 23.8 Å². The molecule has 1 heterocycles. The standard InChI is InChI=1S/C15H17FN2S/c1-17-14(8-12-4-3-7-18-10-12)11-19-15-6-2-5-13(16)9-15/h2-7,9-10,14,17H,8,11H2,1H3. The minimum atomic E-state index is -0.182. The first kappa shape index (κ1) is 14.0. The second kappa shape index (κ2) is 7.26. The summed E-state index contributed by atoms with van der Waals surface area (Å²) in [6.07, 6.45) is 4.59. The smallest absolute Gasteiger partial charge is 0.124 e. The maximum atomic E-state index is 13.1. The van der Waals surface area contributed by atoms with Gasteiger partial charge in [0.1, 0.15) is 5.82 Å². The minimum absolute atomic E-state index is 0.182. The Kier molecular flexibility index (Phi) is 5.36.